The lowest BCUT2D eigenvalue weighted by molar-refractivity contribution is -0.125. The SMILES string of the molecule is CC1C(C(N)=O)C2C3CC4C(C13)C42. The molecule has 8 unspecified atom stereocenters. The molecule has 1 amide bonds. The Labute approximate surface area is 77.9 Å². The van der Waals surface area contributed by atoms with Crippen molar-refractivity contribution in [3.8, 4) is 0 Å². The van der Waals surface area contributed by atoms with E-state index < -0.39 is 0 Å². The van der Waals surface area contributed by atoms with Gasteiger partial charge in [0.25, 0.3) is 0 Å². The van der Waals surface area contributed by atoms with Crippen LogP contribution < -0.4 is 5.73 Å². The Morgan fingerprint density at radius 3 is 2.31 bits per heavy atom. The average molecular weight is 177 g/mol. The Balaban J connectivity index is 1.81. The van der Waals surface area contributed by atoms with Crippen molar-refractivity contribution in [3.05, 3.63) is 0 Å². The first kappa shape index (κ1) is 6.86. The van der Waals surface area contributed by atoms with E-state index >= 15 is 0 Å². The minimum Gasteiger partial charge on any atom is -0.369 e. The maximum atomic E-state index is 11.4. The van der Waals surface area contributed by atoms with Crippen LogP contribution in [-0.4, -0.2) is 5.91 Å². The summed E-state index contributed by atoms with van der Waals surface area (Å²) < 4.78 is 0. The van der Waals surface area contributed by atoms with E-state index in [0.717, 1.165) is 29.6 Å². The Hall–Kier alpha value is -0.530. The van der Waals surface area contributed by atoms with Crippen molar-refractivity contribution >= 4 is 5.91 Å². The number of hydrogen-bond acceptors (Lipinski definition) is 1. The summed E-state index contributed by atoms with van der Waals surface area (Å²) in [6, 6.07) is 0. The Morgan fingerprint density at radius 2 is 1.77 bits per heavy atom. The van der Waals surface area contributed by atoms with Gasteiger partial charge in [0.1, 0.15) is 0 Å². The second-order valence-electron chi connectivity index (χ2n) is 5.66. The van der Waals surface area contributed by atoms with Crippen LogP contribution in [-0.2, 0) is 4.79 Å². The zero-order valence-corrected chi connectivity index (χ0v) is 7.81. The standard InChI is InChI=1S/C11H15NO/c1-3-6-4-2-5-8(6)10(5)9(4)7(3)11(12)13/h3-10H,2H2,1H3,(H2,12,13). The van der Waals surface area contributed by atoms with Crippen LogP contribution in [0, 0.1) is 47.3 Å². The molecule has 5 saturated carbocycles. The van der Waals surface area contributed by atoms with Crippen molar-refractivity contribution in [1.82, 2.24) is 0 Å². The van der Waals surface area contributed by atoms with E-state index in [1.54, 1.807) is 0 Å². The second-order valence-corrected chi connectivity index (χ2v) is 5.66. The van der Waals surface area contributed by atoms with Crippen LogP contribution >= 0.6 is 0 Å². The quantitative estimate of drug-likeness (QED) is 0.634. The molecule has 13 heavy (non-hydrogen) atoms. The minimum absolute atomic E-state index is 0.0176. The molecule has 2 nitrogen and oxygen atoms in total. The summed E-state index contributed by atoms with van der Waals surface area (Å²) in [5, 5.41) is 0. The van der Waals surface area contributed by atoms with E-state index in [9.17, 15) is 4.79 Å². The van der Waals surface area contributed by atoms with Crippen molar-refractivity contribution in [1.29, 1.82) is 0 Å². The lowest BCUT2D eigenvalue weighted by atomic mass is 9.80. The lowest BCUT2D eigenvalue weighted by Crippen LogP contribution is -2.34. The summed E-state index contributed by atoms with van der Waals surface area (Å²) in [5.41, 5.74) is 5.50. The molecule has 0 heterocycles. The van der Waals surface area contributed by atoms with Crippen molar-refractivity contribution in [2.24, 2.45) is 53.1 Å². The molecule has 0 aliphatic heterocycles. The van der Waals surface area contributed by atoms with Gasteiger partial charge in [-0.25, -0.2) is 0 Å². The predicted octanol–water partition coefficient (Wildman–Crippen LogP) is 0.866. The van der Waals surface area contributed by atoms with Crippen LogP contribution in [0.15, 0.2) is 0 Å². The number of amides is 1. The van der Waals surface area contributed by atoms with Crippen molar-refractivity contribution < 1.29 is 4.79 Å². The van der Waals surface area contributed by atoms with Crippen LogP contribution in [0.25, 0.3) is 0 Å². The van der Waals surface area contributed by atoms with Gasteiger partial charge in [-0.15, -0.1) is 0 Å². The van der Waals surface area contributed by atoms with Gasteiger partial charge in [-0.3, -0.25) is 4.79 Å². The Kier molecular flexibility index (Phi) is 0.879. The highest BCUT2D eigenvalue weighted by Crippen LogP contribution is 2.83. The third kappa shape index (κ3) is 0.498. The fraction of sp³-hybridized carbons (Fsp3) is 0.909. The lowest BCUT2D eigenvalue weighted by Gasteiger charge is -2.24. The third-order valence-electron chi connectivity index (χ3n) is 5.63. The van der Waals surface area contributed by atoms with E-state index in [1.807, 2.05) is 0 Å². The van der Waals surface area contributed by atoms with E-state index in [2.05, 4.69) is 6.92 Å². The van der Waals surface area contributed by atoms with Gasteiger partial charge >= 0.3 is 0 Å². The van der Waals surface area contributed by atoms with Crippen LogP contribution in [0.3, 0.4) is 0 Å². The first-order chi connectivity index (χ1) is 6.22. The normalized spacial score (nSPS) is 70.2. The molecule has 5 fully saturated rings. The van der Waals surface area contributed by atoms with Gasteiger partial charge < -0.3 is 5.73 Å². The summed E-state index contributed by atoms with van der Waals surface area (Å²) in [6.07, 6.45) is 1.43. The average Bonchev–Trinajstić information content (AvgIpc) is 2.49. The van der Waals surface area contributed by atoms with E-state index in [1.165, 1.54) is 6.42 Å². The maximum absolute atomic E-state index is 11.4. The van der Waals surface area contributed by atoms with Crippen molar-refractivity contribution in [2.45, 2.75) is 13.3 Å². The van der Waals surface area contributed by atoms with Gasteiger partial charge in [-0.2, -0.15) is 0 Å². The summed E-state index contributed by atoms with van der Waals surface area (Å²) in [6.45, 7) is 2.25. The number of rotatable bonds is 1. The summed E-state index contributed by atoms with van der Waals surface area (Å²) in [4.78, 5) is 11.4. The zero-order chi connectivity index (χ0) is 8.90. The van der Waals surface area contributed by atoms with Gasteiger partial charge in [0, 0.05) is 5.92 Å². The number of hydrogen-bond donors (Lipinski definition) is 1. The fourth-order valence-corrected chi connectivity index (χ4v) is 5.57. The molecule has 70 valence electrons. The van der Waals surface area contributed by atoms with Crippen molar-refractivity contribution in [3.63, 3.8) is 0 Å². The van der Waals surface area contributed by atoms with Crippen molar-refractivity contribution in [2.75, 3.05) is 0 Å². The monoisotopic (exact) mass is 177 g/mol. The maximum Gasteiger partial charge on any atom is 0.221 e. The van der Waals surface area contributed by atoms with Crippen LogP contribution in [0.4, 0.5) is 0 Å². The zero-order valence-electron chi connectivity index (χ0n) is 7.81. The molecule has 0 saturated heterocycles. The van der Waals surface area contributed by atoms with Crippen LogP contribution in [0.2, 0.25) is 0 Å². The van der Waals surface area contributed by atoms with E-state index in [0.29, 0.717) is 11.8 Å². The number of nitrogens with two attached hydrogens (primary N) is 1. The molecular formula is C11H15NO. The molecule has 8 atom stereocenters. The smallest absolute Gasteiger partial charge is 0.221 e. The molecule has 2 heteroatoms. The van der Waals surface area contributed by atoms with Crippen LogP contribution in [0.1, 0.15) is 13.3 Å². The highest BCUT2D eigenvalue weighted by Gasteiger charge is 2.80. The third-order valence-corrected chi connectivity index (χ3v) is 5.63. The molecule has 2 N–H and O–H groups in total. The highest BCUT2D eigenvalue weighted by atomic mass is 16.1. The number of carbonyl (C=O) groups is 1. The molecule has 0 aromatic heterocycles. The van der Waals surface area contributed by atoms with E-state index in [-0.39, 0.29) is 11.8 Å². The van der Waals surface area contributed by atoms with E-state index in [4.69, 9.17) is 5.73 Å². The molecule has 5 rings (SSSR count). The summed E-state index contributed by atoms with van der Waals surface area (Å²) in [5.74, 6) is 6.30. The molecular weight excluding hydrogens is 162 g/mol. The first-order valence-electron chi connectivity index (χ1n) is 5.51. The summed E-state index contributed by atoms with van der Waals surface area (Å²) >= 11 is 0. The Morgan fingerprint density at radius 1 is 1.15 bits per heavy atom. The van der Waals surface area contributed by atoms with Crippen LogP contribution in [0.5, 0.6) is 0 Å². The fourth-order valence-electron chi connectivity index (χ4n) is 5.57. The molecule has 5 aliphatic carbocycles. The molecule has 6 bridgehead atoms. The highest BCUT2D eigenvalue weighted by molar-refractivity contribution is 5.78. The van der Waals surface area contributed by atoms with Gasteiger partial charge in [-0.1, -0.05) is 6.92 Å². The first-order valence-corrected chi connectivity index (χ1v) is 5.51. The predicted molar refractivity (Wildman–Crippen MR) is 47.4 cm³/mol. The van der Waals surface area contributed by atoms with Gasteiger partial charge in [0.2, 0.25) is 5.91 Å². The second kappa shape index (κ2) is 1.67. The largest absolute Gasteiger partial charge is 0.369 e. The molecule has 0 aromatic carbocycles. The molecule has 0 radical (unpaired) electrons. The topological polar surface area (TPSA) is 43.1 Å². The number of primary amides is 1. The van der Waals surface area contributed by atoms with Gasteiger partial charge in [-0.05, 0) is 47.8 Å². The Bertz CT molecular complexity index is 313. The van der Waals surface area contributed by atoms with Gasteiger partial charge in [0.15, 0.2) is 0 Å². The minimum atomic E-state index is -0.0176. The number of carbonyl (C=O) groups excluding carboxylic acids is 1. The molecule has 0 spiro atoms. The van der Waals surface area contributed by atoms with Gasteiger partial charge in [0.05, 0.1) is 0 Å². The summed E-state index contributed by atoms with van der Waals surface area (Å²) in [7, 11) is 0. The molecule has 5 aliphatic rings. The molecule has 0 aromatic rings.